The molecule has 2 aromatic carbocycles. The van der Waals surface area contributed by atoms with E-state index in [0.29, 0.717) is 10.7 Å². The third-order valence-electron chi connectivity index (χ3n) is 3.74. The molecule has 2 amide bonds. The Morgan fingerprint density at radius 2 is 1.70 bits per heavy atom. The first-order valence-electron chi connectivity index (χ1n) is 8.06. The van der Waals surface area contributed by atoms with Crippen molar-refractivity contribution in [3.8, 4) is 0 Å². The maximum atomic E-state index is 13.2. The number of nitrogens with one attached hydrogen (secondary N) is 2. The van der Waals surface area contributed by atoms with Crippen LogP contribution in [0.15, 0.2) is 67.0 Å². The van der Waals surface area contributed by atoms with Gasteiger partial charge in [0.05, 0.1) is 11.1 Å². The summed E-state index contributed by atoms with van der Waals surface area (Å²) in [5, 5.41) is 5.85. The van der Waals surface area contributed by atoms with Crippen LogP contribution in [0.4, 0.5) is 10.1 Å². The second-order valence-electron chi connectivity index (χ2n) is 5.70. The highest BCUT2D eigenvalue weighted by Gasteiger charge is 2.12. The Morgan fingerprint density at radius 1 is 0.963 bits per heavy atom. The van der Waals surface area contributed by atoms with Crippen molar-refractivity contribution in [3.05, 3.63) is 94.5 Å². The van der Waals surface area contributed by atoms with Gasteiger partial charge in [-0.15, -0.1) is 0 Å². The van der Waals surface area contributed by atoms with E-state index in [-0.39, 0.29) is 23.6 Å². The lowest BCUT2D eigenvalue weighted by Gasteiger charge is -2.08. The fourth-order valence-electron chi connectivity index (χ4n) is 2.38. The number of anilines is 1. The predicted molar refractivity (Wildman–Crippen MR) is 101 cm³/mol. The number of halogens is 2. The summed E-state index contributed by atoms with van der Waals surface area (Å²) in [6.07, 6.45) is 2.69. The van der Waals surface area contributed by atoms with Crippen molar-refractivity contribution >= 4 is 29.1 Å². The fraction of sp³-hybridized carbons (Fsp3) is 0.0500. The van der Waals surface area contributed by atoms with Crippen molar-refractivity contribution in [2.45, 2.75) is 6.54 Å². The average Bonchev–Trinajstić information content (AvgIpc) is 2.67. The zero-order chi connectivity index (χ0) is 19.2. The Labute approximate surface area is 160 Å². The van der Waals surface area contributed by atoms with Crippen LogP contribution in [-0.2, 0) is 6.54 Å². The Morgan fingerprint density at radius 3 is 2.44 bits per heavy atom. The lowest BCUT2D eigenvalue weighted by atomic mass is 10.1. The number of nitrogens with zero attached hydrogens (tertiary/aromatic N) is 1. The molecule has 1 aromatic heterocycles. The van der Waals surface area contributed by atoms with Crippen LogP contribution < -0.4 is 10.6 Å². The highest BCUT2D eigenvalue weighted by Crippen LogP contribution is 2.15. The van der Waals surface area contributed by atoms with Gasteiger partial charge in [-0.3, -0.25) is 14.6 Å². The lowest BCUT2D eigenvalue weighted by Crippen LogP contribution is -2.23. The molecule has 136 valence electrons. The molecular weight excluding hydrogens is 369 g/mol. The third-order valence-corrected chi connectivity index (χ3v) is 4.11. The van der Waals surface area contributed by atoms with Gasteiger partial charge in [-0.05, 0) is 35.9 Å². The van der Waals surface area contributed by atoms with Crippen molar-refractivity contribution in [2.75, 3.05) is 5.32 Å². The topological polar surface area (TPSA) is 71.1 Å². The molecule has 3 aromatic rings. The Hall–Kier alpha value is -3.25. The second kappa shape index (κ2) is 8.42. The van der Waals surface area contributed by atoms with E-state index in [2.05, 4.69) is 15.6 Å². The van der Waals surface area contributed by atoms with Gasteiger partial charge in [0.25, 0.3) is 11.8 Å². The zero-order valence-electron chi connectivity index (χ0n) is 14.1. The molecule has 0 saturated carbocycles. The second-order valence-corrected chi connectivity index (χ2v) is 6.11. The van der Waals surface area contributed by atoms with Crippen LogP contribution in [0, 0.1) is 5.82 Å². The summed E-state index contributed by atoms with van der Waals surface area (Å²) in [6.45, 7) is 0.248. The summed E-state index contributed by atoms with van der Waals surface area (Å²) in [6, 6.07) is 14.1. The number of benzene rings is 2. The molecule has 0 aliphatic rings. The molecule has 1 heterocycles. The van der Waals surface area contributed by atoms with Gasteiger partial charge >= 0.3 is 0 Å². The maximum Gasteiger partial charge on any atom is 0.257 e. The number of rotatable bonds is 5. The van der Waals surface area contributed by atoms with Crippen LogP contribution in [0.2, 0.25) is 5.02 Å². The molecule has 0 saturated heterocycles. The van der Waals surface area contributed by atoms with Gasteiger partial charge in [-0.1, -0.05) is 35.9 Å². The average molecular weight is 384 g/mol. The summed E-state index contributed by atoms with van der Waals surface area (Å²) >= 11 is 6.07. The number of carbonyl (C=O) groups excluding carboxylic acids is 2. The first-order valence-corrected chi connectivity index (χ1v) is 8.44. The molecule has 3 rings (SSSR count). The minimum Gasteiger partial charge on any atom is -0.348 e. The van der Waals surface area contributed by atoms with Gasteiger partial charge in [-0.25, -0.2) is 4.39 Å². The number of pyridine rings is 1. The van der Waals surface area contributed by atoms with Crippen LogP contribution in [0.3, 0.4) is 0 Å². The number of hydrogen-bond acceptors (Lipinski definition) is 3. The van der Waals surface area contributed by atoms with Crippen molar-refractivity contribution in [1.29, 1.82) is 0 Å². The first-order chi connectivity index (χ1) is 13.0. The number of amides is 2. The van der Waals surface area contributed by atoms with Crippen molar-refractivity contribution < 1.29 is 14.0 Å². The van der Waals surface area contributed by atoms with Crippen LogP contribution in [0.1, 0.15) is 26.3 Å². The molecule has 0 unspecified atom stereocenters. The van der Waals surface area contributed by atoms with Gasteiger partial charge < -0.3 is 10.6 Å². The summed E-state index contributed by atoms with van der Waals surface area (Å²) in [5.74, 6) is -1.34. The highest BCUT2D eigenvalue weighted by atomic mass is 35.5. The normalized spacial score (nSPS) is 10.3. The van der Waals surface area contributed by atoms with E-state index in [1.165, 1.54) is 36.7 Å². The molecule has 0 bridgehead atoms. The summed E-state index contributed by atoms with van der Waals surface area (Å²) in [7, 11) is 0. The van der Waals surface area contributed by atoms with Gasteiger partial charge in [0, 0.05) is 29.6 Å². The third kappa shape index (κ3) is 4.89. The van der Waals surface area contributed by atoms with Crippen LogP contribution in [0.5, 0.6) is 0 Å². The van der Waals surface area contributed by atoms with Gasteiger partial charge in [0.1, 0.15) is 5.82 Å². The van der Waals surface area contributed by atoms with E-state index in [1.54, 1.807) is 18.2 Å². The van der Waals surface area contributed by atoms with E-state index >= 15 is 0 Å². The SMILES string of the molecule is O=C(NCc1ccccc1Cl)c1cncc(C(=O)Nc2cccc(F)c2)c1. The molecular formula is C20H15ClFN3O2. The summed E-state index contributed by atoms with van der Waals surface area (Å²) < 4.78 is 13.2. The Balaban J connectivity index is 1.68. The van der Waals surface area contributed by atoms with E-state index < -0.39 is 11.7 Å². The number of hydrogen-bond donors (Lipinski definition) is 2. The number of carbonyl (C=O) groups is 2. The predicted octanol–water partition coefficient (Wildman–Crippen LogP) is 4.06. The Kier molecular flexibility index (Phi) is 5.78. The van der Waals surface area contributed by atoms with Crippen LogP contribution in [-0.4, -0.2) is 16.8 Å². The van der Waals surface area contributed by atoms with Gasteiger partial charge in [-0.2, -0.15) is 0 Å². The molecule has 27 heavy (non-hydrogen) atoms. The Bertz CT molecular complexity index is 994. The van der Waals surface area contributed by atoms with Gasteiger partial charge in [0.15, 0.2) is 0 Å². The zero-order valence-corrected chi connectivity index (χ0v) is 14.8. The number of aromatic nitrogens is 1. The van der Waals surface area contributed by atoms with E-state index in [4.69, 9.17) is 11.6 Å². The minimum atomic E-state index is -0.492. The fourth-order valence-corrected chi connectivity index (χ4v) is 2.58. The van der Waals surface area contributed by atoms with Crippen LogP contribution in [0.25, 0.3) is 0 Å². The molecule has 0 spiro atoms. The first kappa shape index (κ1) is 18.5. The van der Waals surface area contributed by atoms with Crippen LogP contribution >= 0.6 is 11.6 Å². The molecule has 0 aliphatic carbocycles. The molecule has 2 N–H and O–H groups in total. The quantitative estimate of drug-likeness (QED) is 0.698. The smallest absolute Gasteiger partial charge is 0.257 e. The van der Waals surface area contributed by atoms with Crippen molar-refractivity contribution in [2.24, 2.45) is 0 Å². The minimum absolute atomic E-state index is 0.185. The highest BCUT2D eigenvalue weighted by molar-refractivity contribution is 6.31. The van der Waals surface area contributed by atoms with E-state index in [0.717, 1.165) is 5.56 Å². The molecule has 7 heteroatoms. The molecule has 5 nitrogen and oxygen atoms in total. The lowest BCUT2D eigenvalue weighted by molar-refractivity contribution is 0.0950. The molecule has 0 atom stereocenters. The van der Waals surface area contributed by atoms with E-state index in [1.807, 2.05) is 12.1 Å². The van der Waals surface area contributed by atoms with Crippen molar-refractivity contribution in [3.63, 3.8) is 0 Å². The molecule has 0 radical (unpaired) electrons. The monoisotopic (exact) mass is 383 g/mol. The molecule has 0 aliphatic heterocycles. The standard InChI is InChI=1S/C20H15ClFN3O2/c21-18-7-2-1-4-13(18)12-24-19(26)14-8-15(11-23-10-14)20(27)25-17-6-3-5-16(22)9-17/h1-11H,12H2,(H,24,26)(H,25,27). The summed E-state index contributed by atoms with van der Waals surface area (Å²) in [5.41, 5.74) is 1.51. The van der Waals surface area contributed by atoms with Gasteiger partial charge in [0.2, 0.25) is 0 Å². The van der Waals surface area contributed by atoms with Crippen molar-refractivity contribution in [1.82, 2.24) is 10.3 Å². The largest absolute Gasteiger partial charge is 0.348 e. The maximum absolute atomic E-state index is 13.2. The summed E-state index contributed by atoms with van der Waals surface area (Å²) in [4.78, 5) is 28.6. The van der Waals surface area contributed by atoms with E-state index in [9.17, 15) is 14.0 Å². The molecule has 0 fully saturated rings.